The third kappa shape index (κ3) is 5.45. The van der Waals surface area contributed by atoms with Crippen molar-refractivity contribution < 1.29 is 18.4 Å². The highest BCUT2D eigenvalue weighted by atomic mass is 19.1. The fourth-order valence-electron chi connectivity index (χ4n) is 6.45. The molecule has 0 aromatic heterocycles. The summed E-state index contributed by atoms with van der Waals surface area (Å²) in [6.07, 6.45) is 8.49. The Morgan fingerprint density at radius 1 is 1.03 bits per heavy atom. The predicted molar refractivity (Wildman–Crippen MR) is 131 cm³/mol. The summed E-state index contributed by atoms with van der Waals surface area (Å²) < 4.78 is 29.7. The van der Waals surface area contributed by atoms with Gasteiger partial charge < -0.3 is 20.9 Å². The maximum Gasteiger partial charge on any atom is 0.249 e. The second kappa shape index (κ2) is 10.0. The van der Waals surface area contributed by atoms with Crippen LogP contribution in [0, 0.1) is 23.0 Å². The fourth-order valence-corrected chi connectivity index (χ4v) is 6.45. The van der Waals surface area contributed by atoms with Gasteiger partial charge in [0.1, 0.15) is 17.7 Å². The molecule has 1 aromatic rings. The molecule has 4 aliphatic rings. The molecule has 0 radical (unpaired) electrons. The summed E-state index contributed by atoms with van der Waals surface area (Å²) in [5.74, 6) is -1.34. The summed E-state index contributed by atoms with van der Waals surface area (Å²) in [5.41, 5.74) is 6.77. The second-order valence-electron chi connectivity index (χ2n) is 11.2. The number of carbonyl (C=O) groups excluding carboxylic acids is 2. The van der Waals surface area contributed by atoms with E-state index in [1.54, 1.807) is 0 Å². The first-order chi connectivity index (χ1) is 16.8. The number of benzene rings is 1. The molecule has 192 valence electrons. The van der Waals surface area contributed by atoms with Crippen LogP contribution in [0.15, 0.2) is 12.1 Å². The van der Waals surface area contributed by atoms with E-state index in [1.807, 2.05) is 4.90 Å². The van der Waals surface area contributed by atoms with Gasteiger partial charge >= 0.3 is 0 Å². The Bertz CT molecular complexity index is 949. The standard InChI is InChI=1S/C26H37F2N5O2/c27-19-14-23(20(28)13-22(19)30-21-1-2-24(34)31-25(21)35)33-9-4-17(5-10-33)3-8-32-11-6-26(7-12-32)15-18(29)16-26/h13-14,17-18,21,30H,1-12,15-16,29H2,(H,31,34,35). The quantitative estimate of drug-likeness (QED) is 0.533. The summed E-state index contributed by atoms with van der Waals surface area (Å²) in [7, 11) is 0. The molecule has 7 nitrogen and oxygen atoms in total. The molecule has 1 unspecified atom stereocenters. The Kier molecular flexibility index (Phi) is 6.99. The van der Waals surface area contributed by atoms with Crippen molar-refractivity contribution in [3.8, 4) is 0 Å². The topological polar surface area (TPSA) is 90.7 Å². The minimum Gasteiger partial charge on any atom is -0.371 e. The molecular formula is C26H37F2N5O2. The minimum absolute atomic E-state index is 0.0529. The van der Waals surface area contributed by atoms with Crippen LogP contribution in [0.5, 0.6) is 0 Å². The Labute approximate surface area is 205 Å². The van der Waals surface area contributed by atoms with E-state index in [4.69, 9.17) is 5.73 Å². The van der Waals surface area contributed by atoms with Gasteiger partial charge in [0.15, 0.2) is 0 Å². The summed E-state index contributed by atoms with van der Waals surface area (Å²) >= 11 is 0. The first kappa shape index (κ1) is 24.4. The van der Waals surface area contributed by atoms with Gasteiger partial charge in [0.05, 0.1) is 11.4 Å². The van der Waals surface area contributed by atoms with Gasteiger partial charge in [-0.2, -0.15) is 0 Å². The highest BCUT2D eigenvalue weighted by Crippen LogP contribution is 2.48. The molecule has 1 aliphatic carbocycles. The van der Waals surface area contributed by atoms with E-state index in [9.17, 15) is 18.4 Å². The monoisotopic (exact) mass is 489 g/mol. The molecule has 1 saturated carbocycles. The lowest BCUT2D eigenvalue weighted by molar-refractivity contribution is -0.133. The lowest BCUT2D eigenvalue weighted by atomic mass is 9.61. The zero-order valence-corrected chi connectivity index (χ0v) is 20.3. The van der Waals surface area contributed by atoms with E-state index in [0.29, 0.717) is 30.5 Å². The molecule has 9 heteroatoms. The van der Waals surface area contributed by atoms with Crippen molar-refractivity contribution in [2.45, 2.75) is 69.9 Å². The van der Waals surface area contributed by atoms with Crippen molar-refractivity contribution in [1.29, 1.82) is 0 Å². The van der Waals surface area contributed by atoms with Gasteiger partial charge in [-0.1, -0.05) is 0 Å². The smallest absolute Gasteiger partial charge is 0.249 e. The number of hydrogen-bond acceptors (Lipinski definition) is 6. The number of nitrogens with zero attached hydrogens (tertiary/aromatic N) is 2. The van der Waals surface area contributed by atoms with Crippen LogP contribution in [0.3, 0.4) is 0 Å². The van der Waals surface area contributed by atoms with Crippen LogP contribution in [0.4, 0.5) is 20.2 Å². The summed E-state index contributed by atoms with van der Waals surface area (Å²) in [6, 6.07) is 2.01. The van der Waals surface area contributed by atoms with Crippen molar-refractivity contribution in [3.63, 3.8) is 0 Å². The zero-order valence-electron chi connectivity index (χ0n) is 20.3. The highest BCUT2D eigenvalue weighted by Gasteiger charge is 2.44. The predicted octanol–water partition coefficient (Wildman–Crippen LogP) is 2.99. The van der Waals surface area contributed by atoms with E-state index >= 15 is 0 Å². The van der Waals surface area contributed by atoms with E-state index in [1.165, 1.54) is 44.8 Å². The maximum atomic E-state index is 14.9. The zero-order chi connectivity index (χ0) is 24.6. The molecule has 1 spiro atoms. The number of carbonyl (C=O) groups is 2. The van der Waals surface area contributed by atoms with Crippen LogP contribution in [0.2, 0.25) is 0 Å². The van der Waals surface area contributed by atoms with E-state index in [0.717, 1.165) is 31.9 Å². The SMILES string of the molecule is NC1CC2(CCN(CCC3CCN(c4cc(F)c(NC5CCC(=O)NC5=O)cc4F)CC3)CC2)C1. The lowest BCUT2D eigenvalue weighted by Crippen LogP contribution is -2.52. The summed E-state index contributed by atoms with van der Waals surface area (Å²) in [6.45, 7) is 4.89. The van der Waals surface area contributed by atoms with Crippen LogP contribution in [0.1, 0.15) is 57.8 Å². The Morgan fingerprint density at radius 2 is 1.74 bits per heavy atom. The second-order valence-corrected chi connectivity index (χ2v) is 11.2. The molecule has 1 aromatic carbocycles. The van der Waals surface area contributed by atoms with Crippen molar-refractivity contribution in [3.05, 3.63) is 23.8 Å². The van der Waals surface area contributed by atoms with Crippen molar-refractivity contribution >= 4 is 23.2 Å². The van der Waals surface area contributed by atoms with Crippen molar-refractivity contribution in [1.82, 2.24) is 10.2 Å². The number of nitrogens with one attached hydrogen (secondary N) is 2. The highest BCUT2D eigenvalue weighted by molar-refractivity contribution is 6.01. The van der Waals surface area contributed by atoms with Crippen LogP contribution < -0.4 is 21.3 Å². The van der Waals surface area contributed by atoms with E-state index in [-0.39, 0.29) is 30.1 Å². The minimum atomic E-state index is -0.750. The summed E-state index contributed by atoms with van der Waals surface area (Å²) in [4.78, 5) is 27.7. The number of amides is 2. The lowest BCUT2D eigenvalue weighted by Gasteiger charge is -2.51. The molecule has 4 fully saturated rings. The molecule has 3 heterocycles. The number of halogens is 2. The third-order valence-corrected chi connectivity index (χ3v) is 8.72. The average molecular weight is 490 g/mol. The van der Waals surface area contributed by atoms with Gasteiger partial charge in [-0.05, 0) is 82.3 Å². The van der Waals surface area contributed by atoms with E-state index < -0.39 is 23.6 Å². The van der Waals surface area contributed by atoms with Crippen LogP contribution in [0.25, 0.3) is 0 Å². The molecule has 2 amide bonds. The third-order valence-electron chi connectivity index (χ3n) is 8.72. The number of hydrogen-bond donors (Lipinski definition) is 3. The molecule has 1 atom stereocenters. The molecule has 0 bridgehead atoms. The van der Waals surface area contributed by atoms with Crippen LogP contribution in [-0.2, 0) is 9.59 Å². The molecule has 35 heavy (non-hydrogen) atoms. The Hall–Kier alpha value is -2.26. The molecular weight excluding hydrogens is 452 g/mol. The van der Waals surface area contributed by atoms with E-state index in [2.05, 4.69) is 15.5 Å². The fraction of sp³-hybridized carbons (Fsp3) is 0.692. The normalized spacial score (nSPS) is 26.0. The average Bonchev–Trinajstić information content (AvgIpc) is 2.82. The maximum absolute atomic E-state index is 14.9. The first-order valence-electron chi connectivity index (χ1n) is 13.1. The number of piperidine rings is 3. The number of rotatable bonds is 6. The Morgan fingerprint density at radius 3 is 2.40 bits per heavy atom. The van der Waals surface area contributed by atoms with Crippen molar-refractivity contribution in [2.75, 3.05) is 42.9 Å². The van der Waals surface area contributed by atoms with Crippen LogP contribution >= 0.6 is 0 Å². The molecule has 3 saturated heterocycles. The number of imide groups is 1. The Balaban J connectivity index is 1.09. The van der Waals surface area contributed by atoms with Crippen LogP contribution in [-0.4, -0.2) is 61.5 Å². The van der Waals surface area contributed by atoms with Gasteiger partial charge in [-0.15, -0.1) is 0 Å². The molecule has 3 aliphatic heterocycles. The van der Waals surface area contributed by atoms with Gasteiger partial charge in [-0.25, -0.2) is 8.78 Å². The number of nitrogens with two attached hydrogens (primary N) is 1. The van der Waals surface area contributed by atoms with Gasteiger partial charge in [0.2, 0.25) is 11.8 Å². The van der Waals surface area contributed by atoms with Gasteiger partial charge in [0, 0.05) is 37.7 Å². The van der Waals surface area contributed by atoms with Gasteiger partial charge in [0.25, 0.3) is 0 Å². The number of anilines is 2. The largest absolute Gasteiger partial charge is 0.371 e. The van der Waals surface area contributed by atoms with Crippen molar-refractivity contribution in [2.24, 2.45) is 17.1 Å². The first-order valence-corrected chi connectivity index (χ1v) is 13.1. The molecule has 5 rings (SSSR count). The summed E-state index contributed by atoms with van der Waals surface area (Å²) in [5, 5.41) is 4.97. The number of likely N-dealkylation sites (tertiary alicyclic amines) is 1. The molecule has 4 N–H and O–H groups in total. The van der Waals surface area contributed by atoms with Gasteiger partial charge in [-0.3, -0.25) is 14.9 Å².